The number of para-hydroxylation sites is 1. The summed E-state index contributed by atoms with van der Waals surface area (Å²) in [5.41, 5.74) is -0.589. The molecular weight excluding hydrogens is 373 g/mol. The van der Waals surface area contributed by atoms with Crippen LogP contribution in [0.2, 0.25) is 0 Å². The lowest BCUT2D eigenvalue weighted by Gasteiger charge is -2.26. The Bertz CT molecular complexity index is 808. The van der Waals surface area contributed by atoms with Crippen LogP contribution in [0.15, 0.2) is 42.6 Å². The molecule has 0 spiro atoms. The van der Waals surface area contributed by atoms with Gasteiger partial charge >= 0.3 is 6.18 Å². The predicted octanol–water partition coefficient (Wildman–Crippen LogP) is 2.91. The Morgan fingerprint density at radius 3 is 2.68 bits per heavy atom. The molecule has 3 rings (SSSR count). The maximum Gasteiger partial charge on any atom is 0.418 e. The third-order valence-corrected chi connectivity index (χ3v) is 4.33. The Labute approximate surface area is 160 Å². The molecule has 28 heavy (non-hydrogen) atoms. The summed E-state index contributed by atoms with van der Waals surface area (Å²) in [5.74, 6) is -0.139. The normalized spacial score (nSPS) is 15.2. The van der Waals surface area contributed by atoms with Crippen molar-refractivity contribution < 1.29 is 22.7 Å². The van der Waals surface area contributed by atoms with Crippen LogP contribution >= 0.6 is 0 Å². The van der Waals surface area contributed by atoms with Gasteiger partial charge in [-0.2, -0.15) is 13.2 Å². The van der Waals surface area contributed by atoms with Gasteiger partial charge in [-0.3, -0.25) is 9.69 Å². The molecule has 0 saturated carbocycles. The van der Waals surface area contributed by atoms with Crippen molar-refractivity contribution in [2.45, 2.75) is 6.18 Å². The first-order valence-corrected chi connectivity index (χ1v) is 8.91. The number of nitrogens with one attached hydrogen (secondary N) is 2. The number of pyridine rings is 1. The molecule has 1 aliphatic rings. The van der Waals surface area contributed by atoms with Gasteiger partial charge in [0.05, 0.1) is 24.5 Å². The second-order valence-electron chi connectivity index (χ2n) is 6.31. The van der Waals surface area contributed by atoms with Crippen molar-refractivity contribution in [1.82, 2.24) is 15.2 Å². The molecule has 1 aromatic heterocycles. The van der Waals surface area contributed by atoms with Gasteiger partial charge in [-0.05, 0) is 24.3 Å². The van der Waals surface area contributed by atoms with Gasteiger partial charge in [-0.25, -0.2) is 4.98 Å². The van der Waals surface area contributed by atoms with E-state index in [0.29, 0.717) is 31.9 Å². The van der Waals surface area contributed by atoms with Gasteiger partial charge in [0.25, 0.3) is 5.91 Å². The fraction of sp³-hybridized carbons (Fsp3) is 0.368. The number of carbonyl (C=O) groups excluding carboxylic acids is 1. The number of halogens is 3. The van der Waals surface area contributed by atoms with Crippen LogP contribution < -0.4 is 10.6 Å². The van der Waals surface area contributed by atoms with E-state index in [2.05, 4.69) is 20.5 Å². The van der Waals surface area contributed by atoms with Crippen LogP contribution in [0.25, 0.3) is 0 Å². The first-order chi connectivity index (χ1) is 13.4. The topological polar surface area (TPSA) is 66.5 Å². The quantitative estimate of drug-likeness (QED) is 0.789. The maximum absolute atomic E-state index is 13.1. The number of rotatable bonds is 6. The summed E-state index contributed by atoms with van der Waals surface area (Å²) in [6, 6.07) is 8.08. The van der Waals surface area contributed by atoms with E-state index in [1.54, 1.807) is 0 Å². The van der Waals surface area contributed by atoms with Crippen LogP contribution in [0.4, 0.5) is 24.7 Å². The minimum Gasteiger partial charge on any atom is -0.379 e. The highest BCUT2D eigenvalue weighted by atomic mass is 19.4. The molecule has 1 aliphatic heterocycles. The molecule has 0 atom stereocenters. The van der Waals surface area contributed by atoms with Crippen molar-refractivity contribution in [1.29, 1.82) is 0 Å². The zero-order chi connectivity index (χ0) is 20.0. The average Bonchev–Trinajstić information content (AvgIpc) is 2.68. The fourth-order valence-corrected chi connectivity index (χ4v) is 2.87. The van der Waals surface area contributed by atoms with Gasteiger partial charge in [-0.1, -0.05) is 12.1 Å². The molecule has 6 nitrogen and oxygen atoms in total. The maximum atomic E-state index is 13.1. The minimum atomic E-state index is -4.49. The summed E-state index contributed by atoms with van der Waals surface area (Å²) in [7, 11) is 0. The molecule has 1 fully saturated rings. The number of carbonyl (C=O) groups is 1. The average molecular weight is 394 g/mol. The predicted molar refractivity (Wildman–Crippen MR) is 98.6 cm³/mol. The van der Waals surface area contributed by atoms with Gasteiger partial charge < -0.3 is 15.4 Å². The van der Waals surface area contributed by atoms with Crippen LogP contribution in [-0.2, 0) is 10.9 Å². The number of anilines is 2. The molecule has 2 N–H and O–H groups in total. The Hall–Kier alpha value is -2.65. The van der Waals surface area contributed by atoms with Crippen LogP contribution in [0, 0.1) is 0 Å². The highest BCUT2D eigenvalue weighted by Crippen LogP contribution is 2.35. The molecule has 0 bridgehead atoms. The molecule has 1 saturated heterocycles. The number of ether oxygens (including phenoxy) is 1. The van der Waals surface area contributed by atoms with Gasteiger partial charge in [0.2, 0.25) is 0 Å². The summed E-state index contributed by atoms with van der Waals surface area (Å²) >= 11 is 0. The number of alkyl halides is 3. The number of hydrogen-bond donors (Lipinski definition) is 2. The van der Waals surface area contributed by atoms with Crippen molar-refractivity contribution in [2.24, 2.45) is 0 Å². The number of morpholine rings is 1. The number of amides is 1. The fourth-order valence-electron chi connectivity index (χ4n) is 2.87. The monoisotopic (exact) mass is 394 g/mol. The van der Waals surface area contributed by atoms with E-state index in [1.165, 1.54) is 36.5 Å². The lowest BCUT2D eigenvalue weighted by Crippen LogP contribution is -2.41. The largest absolute Gasteiger partial charge is 0.418 e. The van der Waals surface area contributed by atoms with E-state index in [0.717, 1.165) is 19.2 Å². The second-order valence-corrected chi connectivity index (χ2v) is 6.31. The van der Waals surface area contributed by atoms with Crippen molar-refractivity contribution in [3.63, 3.8) is 0 Å². The standard InChI is InChI=1S/C19H21F3N4O2/c20-19(21,22)15-3-1-2-4-16(15)25-17-13-14(5-6-23-17)18(27)24-7-8-26-9-11-28-12-10-26/h1-6,13H,7-12H2,(H,23,25)(H,24,27). The van der Waals surface area contributed by atoms with E-state index in [9.17, 15) is 18.0 Å². The number of hydrogen-bond acceptors (Lipinski definition) is 5. The van der Waals surface area contributed by atoms with E-state index in [1.807, 2.05) is 0 Å². The molecule has 0 aliphatic carbocycles. The van der Waals surface area contributed by atoms with Crippen molar-refractivity contribution in [2.75, 3.05) is 44.7 Å². The second kappa shape index (κ2) is 9.03. The van der Waals surface area contributed by atoms with E-state index >= 15 is 0 Å². The summed E-state index contributed by atoms with van der Waals surface area (Å²) in [6.07, 6.45) is -3.10. The van der Waals surface area contributed by atoms with Crippen LogP contribution in [0.5, 0.6) is 0 Å². The Morgan fingerprint density at radius 1 is 1.18 bits per heavy atom. The van der Waals surface area contributed by atoms with E-state index in [-0.39, 0.29) is 17.4 Å². The summed E-state index contributed by atoms with van der Waals surface area (Å²) in [6.45, 7) is 4.22. The Kier molecular flexibility index (Phi) is 6.48. The highest BCUT2D eigenvalue weighted by molar-refractivity contribution is 5.94. The van der Waals surface area contributed by atoms with Gasteiger partial charge in [-0.15, -0.1) is 0 Å². The van der Waals surface area contributed by atoms with Crippen molar-refractivity contribution >= 4 is 17.4 Å². The third-order valence-electron chi connectivity index (χ3n) is 4.33. The molecule has 9 heteroatoms. The first kappa shape index (κ1) is 20.1. The lowest BCUT2D eigenvalue weighted by atomic mass is 10.1. The molecule has 1 amide bonds. The van der Waals surface area contributed by atoms with Gasteiger partial charge in [0.15, 0.2) is 0 Å². The molecule has 2 aromatic rings. The summed E-state index contributed by atoms with van der Waals surface area (Å²) < 4.78 is 44.6. The smallest absolute Gasteiger partial charge is 0.379 e. The molecule has 0 radical (unpaired) electrons. The van der Waals surface area contributed by atoms with Crippen LogP contribution in [-0.4, -0.2) is 55.2 Å². The van der Waals surface area contributed by atoms with Gasteiger partial charge in [0, 0.05) is 37.9 Å². The summed E-state index contributed by atoms with van der Waals surface area (Å²) in [4.78, 5) is 18.5. The van der Waals surface area contributed by atoms with Crippen LogP contribution in [0.1, 0.15) is 15.9 Å². The van der Waals surface area contributed by atoms with Crippen molar-refractivity contribution in [3.05, 3.63) is 53.7 Å². The SMILES string of the molecule is O=C(NCCN1CCOCC1)c1ccnc(Nc2ccccc2C(F)(F)F)c1. The minimum absolute atomic E-state index is 0.118. The van der Waals surface area contributed by atoms with Crippen LogP contribution in [0.3, 0.4) is 0 Å². The number of aromatic nitrogens is 1. The van der Waals surface area contributed by atoms with Gasteiger partial charge in [0.1, 0.15) is 5.82 Å². The third kappa shape index (κ3) is 5.43. The van der Waals surface area contributed by atoms with E-state index < -0.39 is 11.7 Å². The molecular formula is C19H21F3N4O2. The first-order valence-electron chi connectivity index (χ1n) is 8.91. The summed E-state index contributed by atoms with van der Waals surface area (Å²) in [5, 5.41) is 5.46. The molecule has 0 unspecified atom stereocenters. The number of nitrogens with zero attached hydrogens (tertiary/aromatic N) is 2. The number of benzene rings is 1. The Balaban J connectivity index is 1.62. The lowest BCUT2D eigenvalue weighted by molar-refractivity contribution is -0.136. The molecule has 1 aromatic carbocycles. The zero-order valence-electron chi connectivity index (χ0n) is 15.1. The molecule has 2 heterocycles. The Morgan fingerprint density at radius 2 is 1.93 bits per heavy atom. The molecule has 150 valence electrons. The zero-order valence-corrected chi connectivity index (χ0v) is 15.1. The highest BCUT2D eigenvalue weighted by Gasteiger charge is 2.33. The van der Waals surface area contributed by atoms with Crippen molar-refractivity contribution in [3.8, 4) is 0 Å². The van der Waals surface area contributed by atoms with E-state index in [4.69, 9.17) is 4.74 Å².